The number of fused-ring (bicyclic) bond motifs is 1. The molecule has 2 heterocycles. The van der Waals surface area contributed by atoms with Crippen LogP contribution < -0.4 is 5.73 Å². The maximum absolute atomic E-state index is 13.4. The third-order valence-corrected chi connectivity index (χ3v) is 4.28. The second-order valence-corrected chi connectivity index (χ2v) is 5.67. The van der Waals surface area contributed by atoms with Gasteiger partial charge in [-0.3, -0.25) is 4.79 Å². The van der Waals surface area contributed by atoms with Crippen molar-refractivity contribution in [3.63, 3.8) is 0 Å². The molecule has 0 saturated heterocycles. The van der Waals surface area contributed by atoms with Crippen molar-refractivity contribution in [2.45, 2.75) is 19.4 Å². The number of hydrogen-bond donors (Lipinski definition) is 2. The second-order valence-electron chi connectivity index (χ2n) is 4.81. The molecule has 0 bridgehead atoms. The van der Waals surface area contributed by atoms with Gasteiger partial charge in [0.2, 0.25) is 5.78 Å². The molecule has 0 fully saturated rings. The van der Waals surface area contributed by atoms with E-state index in [1.807, 2.05) is 6.92 Å². The minimum Gasteiger partial charge on any atom is -0.360 e. The van der Waals surface area contributed by atoms with Gasteiger partial charge in [0.05, 0.1) is 11.3 Å². The maximum Gasteiger partial charge on any atom is 0.223 e. The Hall–Kier alpha value is -2.05. The number of carbonyl (C=O) groups is 1. The molecule has 1 aromatic carbocycles. The van der Waals surface area contributed by atoms with Gasteiger partial charge in [-0.1, -0.05) is 6.92 Å². The van der Waals surface area contributed by atoms with Gasteiger partial charge in [-0.25, -0.2) is 9.37 Å². The Morgan fingerprint density at radius 2 is 2.33 bits per heavy atom. The number of benzene rings is 1. The van der Waals surface area contributed by atoms with Crippen molar-refractivity contribution in [1.82, 2.24) is 9.97 Å². The molecule has 0 aliphatic heterocycles. The molecule has 3 rings (SSSR count). The number of carbonyl (C=O) groups excluding carboxylic acids is 1. The van der Waals surface area contributed by atoms with Crippen molar-refractivity contribution < 1.29 is 9.18 Å². The SMILES string of the molecule is CC[C@H](N)c1csc(C(=O)c2c[nH]c3ccc(F)cc23)n1. The highest BCUT2D eigenvalue weighted by Crippen LogP contribution is 2.25. The Labute approximate surface area is 124 Å². The molecule has 1 atom stereocenters. The molecule has 3 N–H and O–H groups in total. The molecular formula is C15H14FN3OS. The lowest BCUT2D eigenvalue weighted by molar-refractivity contribution is 0.103. The van der Waals surface area contributed by atoms with E-state index in [9.17, 15) is 9.18 Å². The Morgan fingerprint density at radius 3 is 3.10 bits per heavy atom. The first-order chi connectivity index (χ1) is 10.1. The average Bonchev–Trinajstić information content (AvgIpc) is 3.12. The number of nitrogens with two attached hydrogens (primary N) is 1. The van der Waals surface area contributed by atoms with E-state index in [2.05, 4.69) is 9.97 Å². The van der Waals surface area contributed by atoms with Gasteiger partial charge in [-0.05, 0) is 24.6 Å². The molecule has 0 spiro atoms. The van der Waals surface area contributed by atoms with Crippen molar-refractivity contribution in [3.8, 4) is 0 Å². The third kappa shape index (κ3) is 2.48. The molecule has 21 heavy (non-hydrogen) atoms. The quantitative estimate of drug-likeness (QED) is 0.726. The van der Waals surface area contributed by atoms with Crippen LogP contribution in [0.15, 0.2) is 29.8 Å². The third-order valence-electron chi connectivity index (χ3n) is 3.42. The van der Waals surface area contributed by atoms with Crippen LogP contribution in [0.1, 0.15) is 40.4 Å². The number of thiazole rings is 1. The first-order valence-electron chi connectivity index (χ1n) is 6.62. The van der Waals surface area contributed by atoms with Gasteiger partial charge in [0.15, 0.2) is 5.01 Å². The average molecular weight is 303 g/mol. The highest BCUT2D eigenvalue weighted by atomic mass is 32.1. The molecule has 3 aromatic rings. The molecule has 6 heteroatoms. The van der Waals surface area contributed by atoms with Crippen LogP contribution in [0.5, 0.6) is 0 Å². The molecule has 0 aliphatic rings. The number of ketones is 1. The first kappa shape index (κ1) is 13.9. The molecule has 0 amide bonds. The Balaban J connectivity index is 2.00. The van der Waals surface area contributed by atoms with Crippen molar-refractivity contribution >= 4 is 28.0 Å². The van der Waals surface area contributed by atoms with E-state index >= 15 is 0 Å². The number of rotatable bonds is 4. The first-order valence-corrected chi connectivity index (χ1v) is 7.50. The molecule has 4 nitrogen and oxygen atoms in total. The van der Waals surface area contributed by atoms with Gasteiger partial charge in [0.25, 0.3) is 0 Å². The zero-order valence-electron chi connectivity index (χ0n) is 11.4. The van der Waals surface area contributed by atoms with Gasteiger partial charge in [0, 0.05) is 28.5 Å². The summed E-state index contributed by atoms with van der Waals surface area (Å²) in [6.45, 7) is 1.97. The number of nitrogens with one attached hydrogen (secondary N) is 1. The van der Waals surface area contributed by atoms with Crippen LogP contribution in [-0.2, 0) is 0 Å². The van der Waals surface area contributed by atoms with Gasteiger partial charge in [-0.15, -0.1) is 11.3 Å². The van der Waals surface area contributed by atoms with E-state index in [0.29, 0.717) is 16.0 Å². The maximum atomic E-state index is 13.4. The van der Waals surface area contributed by atoms with Crippen molar-refractivity contribution in [2.24, 2.45) is 5.73 Å². The topological polar surface area (TPSA) is 71.8 Å². The normalized spacial score (nSPS) is 12.7. The predicted molar refractivity (Wildman–Crippen MR) is 81.0 cm³/mol. The number of hydrogen-bond acceptors (Lipinski definition) is 4. The highest BCUT2D eigenvalue weighted by Gasteiger charge is 2.19. The summed E-state index contributed by atoms with van der Waals surface area (Å²) < 4.78 is 13.4. The molecule has 108 valence electrons. The number of aromatic nitrogens is 2. The van der Waals surface area contributed by atoms with E-state index in [4.69, 9.17) is 5.73 Å². The van der Waals surface area contributed by atoms with Crippen LogP contribution in [-0.4, -0.2) is 15.8 Å². The minimum atomic E-state index is -0.371. The van der Waals surface area contributed by atoms with Crippen LogP contribution >= 0.6 is 11.3 Å². The van der Waals surface area contributed by atoms with Crippen LogP contribution in [0.2, 0.25) is 0 Å². The number of aromatic amines is 1. The summed E-state index contributed by atoms with van der Waals surface area (Å²) >= 11 is 1.26. The zero-order chi connectivity index (χ0) is 15.0. The van der Waals surface area contributed by atoms with E-state index < -0.39 is 0 Å². The highest BCUT2D eigenvalue weighted by molar-refractivity contribution is 7.12. The second kappa shape index (κ2) is 5.38. The summed E-state index contributed by atoms with van der Waals surface area (Å²) in [5.41, 5.74) is 7.78. The van der Waals surface area contributed by atoms with E-state index in [1.54, 1.807) is 17.6 Å². The van der Waals surface area contributed by atoms with Crippen LogP contribution in [0.4, 0.5) is 4.39 Å². The Bertz CT molecular complexity index is 808. The van der Waals surface area contributed by atoms with Crippen molar-refractivity contribution in [1.29, 1.82) is 0 Å². The van der Waals surface area contributed by atoms with Crippen LogP contribution in [0, 0.1) is 5.82 Å². The minimum absolute atomic E-state index is 0.164. The molecule has 0 saturated carbocycles. The summed E-state index contributed by atoms with van der Waals surface area (Å²) in [6, 6.07) is 4.16. The molecule has 0 radical (unpaired) electrons. The summed E-state index contributed by atoms with van der Waals surface area (Å²) in [6.07, 6.45) is 2.35. The summed E-state index contributed by atoms with van der Waals surface area (Å²) in [5, 5.41) is 2.74. The fraction of sp³-hybridized carbons (Fsp3) is 0.200. The molecule has 0 aliphatic carbocycles. The van der Waals surface area contributed by atoms with Crippen molar-refractivity contribution in [2.75, 3.05) is 0 Å². The fourth-order valence-corrected chi connectivity index (χ4v) is 3.00. The van der Waals surface area contributed by atoms with Gasteiger partial charge < -0.3 is 10.7 Å². The number of H-pyrrole nitrogens is 1. The summed E-state index contributed by atoms with van der Waals surface area (Å²) in [5.74, 6) is -0.588. The van der Waals surface area contributed by atoms with Gasteiger partial charge in [0.1, 0.15) is 5.82 Å². The Morgan fingerprint density at radius 1 is 1.52 bits per heavy atom. The molecule has 2 aromatic heterocycles. The lowest BCUT2D eigenvalue weighted by atomic mass is 10.1. The largest absolute Gasteiger partial charge is 0.360 e. The molecule has 0 unspecified atom stereocenters. The monoisotopic (exact) mass is 303 g/mol. The fourth-order valence-electron chi connectivity index (χ4n) is 2.17. The summed E-state index contributed by atoms with van der Waals surface area (Å²) in [7, 11) is 0. The van der Waals surface area contributed by atoms with Crippen molar-refractivity contribution in [3.05, 3.63) is 51.9 Å². The lowest BCUT2D eigenvalue weighted by Crippen LogP contribution is -2.09. The zero-order valence-corrected chi connectivity index (χ0v) is 12.2. The standard InChI is InChI=1S/C15H14FN3OS/c1-2-11(17)13-7-21-15(19-13)14(20)10-6-18-12-4-3-8(16)5-9(10)12/h3-7,11,18H,2,17H2,1H3/t11-/m0/s1. The molecular weight excluding hydrogens is 289 g/mol. The van der Waals surface area contributed by atoms with Crippen LogP contribution in [0.25, 0.3) is 10.9 Å². The van der Waals surface area contributed by atoms with Gasteiger partial charge in [-0.2, -0.15) is 0 Å². The summed E-state index contributed by atoms with van der Waals surface area (Å²) in [4.78, 5) is 19.8. The smallest absolute Gasteiger partial charge is 0.223 e. The number of nitrogens with zero attached hydrogens (tertiary/aromatic N) is 1. The van der Waals surface area contributed by atoms with Crippen LogP contribution in [0.3, 0.4) is 0 Å². The van der Waals surface area contributed by atoms with E-state index in [1.165, 1.54) is 23.5 Å². The number of halogens is 1. The Kier molecular flexibility index (Phi) is 3.57. The predicted octanol–water partition coefficient (Wildman–Crippen LogP) is 3.40. The van der Waals surface area contributed by atoms with Gasteiger partial charge >= 0.3 is 0 Å². The van der Waals surface area contributed by atoms with E-state index in [0.717, 1.165) is 17.6 Å². The van der Waals surface area contributed by atoms with E-state index in [-0.39, 0.29) is 17.6 Å². The lowest BCUT2D eigenvalue weighted by Gasteiger charge is -2.02.